The zero-order valence-electron chi connectivity index (χ0n) is 16.7. The van der Waals surface area contributed by atoms with E-state index in [9.17, 15) is 22.6 Å². The van der Waals surface area contributed by atoms with Crippen LogP contribution in [0.3, 0.4) is 0 Å². The van der Waals surface area contributed by atoms with Gasteiger partial charge in [0.25, 0.3) is 10.1 Å². The second kappa shape index (κ2) is 7.64. The first kappa shape index (κ1) is 20.8. The van der Waals surface area contributed by atoms with Crippen LogP contribution in [0, 0.1) is 0 Å². The summed E-state index contributed by atoms with van der Waals surface area (Å²) in [6, 6.07) is 14.8. The summed E-state index contributed by atoms with van der Waals surface area (Å²) in [5.74, 6) is -1.03. The SMILES string of the molecule is CCCc1cccc(Nc2cc(S(=O)(=O)O)c(N)c3c2C(=O)c2ccccc2C3=O)c1. The van der Waals surface area contributed by atoms with Crippen LogP contribution in [-0.4, -0.2) is 24.5 Å². The smallest absolute Gasteiger partial charge is 0.296 e. The molecule has 0 radical (unpaired) electrons. The van der Waals surface area contributed by atoms with Crippen LogP contribution >= 0.6 is 0 Å². The van der Waals surface area contributed by atoms with Crippen molar-refractivity contribution in [3.8, 4) is 0 Å². The van der Waals surface area contributed by atoms with Crippen molar-refractivity contribution in [3.63, 3.8) is 0 Å². The molecule has 0 saturated heterocycles. The minimum Gasteiger partial charge on any atom is -0.397 e. The Balaban J connectivity index is 1.97. The Morgan fingerprint density at radius 3 is 2.19 bits per heavy atom. The van der Waals surface area contributed by atoms with Crippen molar-refractivity contribution in [2.45, 2.75) is 24.7 Å². The number of hydrogen-bond donors (Lipinski definition) is 3. The number of benzene rings is 3. The van der Waals surface area contributed by atoms with Gasteiger partial charge in [0.05, 0.1) is 22.5 Å². The van der Waals surface area contributed by atoms with Crippen LogP contribution < -0.4 is 11.1 Å². The number of hydrogen-bond acceptors (Lipinski definition) is 6. The van der Waals surface area contributed by atoms with Crippen molar-refractivity contribution in [2.75, 3.05) is 11.1 Å². The molecule has 1 aliphatic rings. The molecular formula is C23H20N2O5S. The quantitative estimate of drug-likeness (QED) is 0.319. The van der Waals surface area contributed by atoms with E-state index < -0.39 is 32.3 Å². The van der Waals surface area contributed by atoms with Crippen molar-refractivity contribution in [1.29, 1.82) is 0 Å². The average Bonchev–Trinajstić information content (AvgIpc) is 2.72. The van der Waals surface area contributed by atoms with Gasteiger partial charge in [-0.05, 0) is 30.2 Å². The minimum atomic E-state index is -4.75. The first-order valence-electron chi connectivity index (χ1n) is 9.70. The van der Waals surface area contributed by atoms with E-state index >= 15 is 0 Å². The number of fused-ring (bicyclic) bond motifs is 2. The van der Waals surface area contributed by atoms with Crippen LogP contribution in [0.25, 0.3) is 0 Å². The zero-order chi connectivity index (χ0) is 22.3. The molecule has 0 aliphatic heterocycles. The molecule has 0 saturated carbocycles. The molecule has 0 amide bonds. The maximum Gasteiger partial charge on any atom is 0.296 e. The van der Waals surface area contributed by atoms with Crippen molar-refractivity contribution in [2.24, 2.45) is 0 Å². The van der Waals surface area contributed by atoms with Gasteiger partial charge < -0.3 is 11.1 Å². The molecule has 158 valence electrons. The highest BCUT2D eigenvalue weighted by Gasteiger charge is 2.36. The molecule has 3 aromatic carbocycles. The fourth-order valence-electron chi connectivity index (χ4n) is 3.85. The summed E-state index contributed by atoms with van der Waals surface area (Å²) >= 11 is 0. The highest BCUT2D eigenvalue weighted by atomic mass is 32.2. The van der Waals surface area contributed by atoms with E-state index in [2.05, 4.69) is 12.2 Å². The molecule has 0 fully saturated rings. The summed E-state index contributed by atoms with van der Waals surface area (Å²) in [6.07, 6.45) is 1.79. The molecule has 3 aromatic rings. The molecule has 0 bridgehead atoms. The summed E-state index contributed by atoms with van der Waals surface area (Å²) in [4.78, 5) is 25.8. The van der Waals surface area contributed by atoms with Gasteiger partial charge in [-0.25, -0.2) is 0 Å². The molecule has 31 heavy (non-hydrogen) atoms. The van der Waals surface area contributed by atoms with Gasteiger partial charge in [0, 0.05) is 16.8 Å². The first-order valence-corrected chi connectivity index (χ1v) is 11.1. The number of anilines is 3. The van der Waals surface area contributed by atoms with Gasteiger partial charge in [-0.3, -0.25) is 14.1 Å². The van der Waals surface area contributed by atoms with Crippen LogP contribution in [-0.2, 0) is 16.5 Å². The topological polar surface area (TPSA) is 127 Å². The molecule has 0 heterocycles. The van der Waals surface area contributed by atoms with E-state index in [4.69, 9.17) is 5.73 Å². The van der Waals surface area contributed by atoms with Crippen LogP contribution in [0.2, 0.25) is 0 Å². The lowest BCUT2D eigenvalue weighted by atomic mass is 9.82. The Kier molecular flexibility index (Phi) is 5.12. The number of nitrogen functional groups attached to an aromatic ring is 1. The van der Waals surface area contributed by atoms with E-state index in [-0.39, 0.29) is 27.9 Å². The number of nitrogens with one attached hydrogen (secondary N) is 1. The molecule has 0 spiro atoms. The van der Waals surface area contributed by atoms with Crippen molar-refractivity contribution < 1.29 is 22.6 Å². The maximum atomic E-state index is 13.3. The average molecular weight is 436 g/mol. The number of carbonyl (C=O) groups excluding carboxylic acids is 2. The van der Waals surface area contributed by atoms with E-state index in [0.29, 0.717) is 5.69 Å². The highest BCUT2D eigenvalue weighted by Crippen LogP contribution is 2.40. The molecule has 8 heteroatoms. The van der Waals surface area contributed by atoms with Crippen molar-refractivity contribution >= 4 is 38.7 Å². The minimum absolute atomic E-state index is 0.0190. The summed E-state index contributed by atoms with van der Waals surface area (Å²) in [5.41, 5.74) is 7.38. The lowest BCUT2D eigenvalue weighted by Crippen LogP contribution is -2.25. The Labute approximate surface area is 179 Å². The van der Waals surface area contributed by atoms with Gasteiger partial charge in [0.15, 0.2) is 11.6 Å². The molecule has 7 nitrogen and oxygen atoms in total. The number of nitrogens with two attached hydrogens (primary N) is 1. The van der Waals surface area contributed by atoms with Crippen LogP contribution in [0.5, 0.6) is 0 Å². The maximum absolute atomic E-state index is 13.3. The van der Waals surface area contributed by atoms with Crippen molar-refractivity contribution in [3.05, 3.63) is 82.4 Å². The van der Waals surface area contributed by atoms with Gasteiger partial charge in [-0.15, -0.1) is 0 Å². The molecule has 0 atom stereocenters. The van der Waals surface area contributed by atoms with Crippen LogP contribution in [0.4, 0.5) is 17.1 Å². The predicted molar refractivity (Wildman–Crippen MR) is 118 cm³/mol. The predicted octanol–water partition coefficient (Wildman–Crippen LogP) is 3.99. The molecular weight excluding hydrogens is 416 g/mol. The lowest BCUT2D eigenvalue weighted by Gasteiger charge is -2.23. The molecule has 0 unspecified atom stereocenters. The van der Waals surface area contributed by atoms with E-state index in [1.165, 1.54) is 12.1 Å². The van der Waals surface area contributed by atoms with Crippen LogP contribution in [0.1, 0.15) is 50.8 Å². The Hall–Kier alpha value is -3.49. The van der Waals surface area contributed by atoms with E-state index in [1.807, 2.05) is 18.2 Å². The van der Waals surface area contributed by atoms with Crippen molar-refractivity contribution in [1.82, 2.24) is 0 Å². The number of carbonyl (C=O) groups is 2. The Bertz CT molecular complexity index is 1350. The normalized spacial score (nSPS) is 13.0. The number of aryl methyl sites for hydroxylation is 1. The van der Waals surface area contributed by atoms with Gasteiger partial charge in [-0.2, -0.15) is 8.42 Å². The summed E-state index contributed by atoms with van der Waals surface area (Å²) in [6.45, 7) is 2.05. The van der Waals surface area contributed by atoms with Gasteiger partial charge >= 0.3 is 0 Å². The molecule has 1 aliphatic carbocycles. The second-order valence-corrected chi connectivity index (χ2v) is 8.73. The summed E-state index contributed by atoms with van der Waals surface area (Å²) in [7, 11) is -4.75. The highest BCUT2D eigenvalue weighted by molar-refractivity contribution is 7.86. The lowest BCUT2D eigenvalue weighted by molar-refractivity contribution is 0.0980. The third kappa shape index (κ3) is 3.60. The van der Waals surface area contributed by atoms with Gasteiger partial charge in [0.2, 0.25) is 0 Å². The van der Waals surface area contributed by atoms with Crippen LogP contribution in [0.15, 0.2) is 59.5 Å². The number of rotatable bonds is 5. The third-order valence-electron chi connectivity index (χ3n) is 5.22. The largest absolute Gasteiger partial charge is 0.397 e. The molecule has 4 N–H and O–H groups in total. The van der Waals surface area contributed by atoms with E-state index in [1.54, 1.807) is 18.2 Å². The monoisotopic (exact) mass is 436 g/mol. The Morgan fingerprint density at radius 1 is 0.935 bits per heavy atom. The summed E-state index contributed by atoms with van der Waals surface area (Å²) < 4.78 is 33.6. The van der Waals surface area contributed by atoms with E-state index in [0.717, 1.165) is 24.5 Å². The fraction of sp³-hybridized carbons (Fsp3) is 0.130. The van der Waals surface area contributed by atoms with Gasteiger partial charge in [0.1, 0.15) is 4.90 Å². The first-order chi connectivity index (χ1) is 14.7. The molecule has 0 aromatic heterocycles. The third-order valence-corrected chi connectivity index (χ3v) is 6.12. The second-order valence-electron chi connectivity index (χ2n) is 7.34. The fourth-order valence-corrected chi connectivity index (χ4v) is 4.50. The molecule has 4 rings (SSSR count). The zero-order valence-corrected chi connectivity index (χ0v) is 17.5. The van der Waals surface area contributed by atoms with Gasteiger partial charge in [-0.1, -0.05) is 49.7 Å². The summed E-state index contributed by atoms with van der Waals surface area (Å²) in [5, 5.41) is 3.05. The standard InChI is InChI=1S/C23H20N2O5S/c1-2-6-13-7-5-8-14(11-13)25-17-12-18(31(28,29)30)21(24)20-19(17)22(26)15-9-3-4-10-16(15)23(20)27/h3-5,7-12,25H,2,6,24H2,1H3,(H,28,29,30). The number of ketones is 2. The Morgan fingerprint density at radius 2 is 1.58 bits per heavy atom.